The molecule has 0 unspecified atom stereocenters. The number of piperidine rings is 1. The van der Waals surface area contributed by atoms with E-state index in [0.717, 1.165) is 38.8 Å². The molecule has 2 aromatic heterocycles. The van der Waals surface area contributed by atoms with E-state index in [9.17, 15) is 10.2 Å². The Morgan fingerprint density at radius 2 is 1.98 bits per heavy atom. The summed E-state index contributed by atoms with van der Waals surface area (Å²) in [4.78, 5) is 19.1. The number of fused-ring (bicyclic) bond motifs is 7. The van der Waals surface area contributed by atoms with Gasteiger partial charge in [-0.2, -0.15) is 9.97 Å². The van der Waals surface area contributed by atoms with Crippen LogP contribution in [-0.4, -0.2) is 93.7 Å². The summed E-state index contributed by atoms with van der Waals surface area (Å²) in [6.45, 7) is 5.33. The molecule has 10 rings (SSSR count). The van der Waals surface area contributed by atoms with Crippen LogP contribution in [0.1, 0.15) is 44.6 Å². The third-order valence-electron chi connectivity index (χ3n) is 12.3. The zero-order chi connectivity index (χ0) is 33.2. The summed E-state index contributed by atoms with van der Waals surface area (Å²) in [5.41, 5.74) is 0.600. The first-order chi connectivity index (χ1) is 23.8. The van der Waals surface area contributed by atoms with Gasteiger partial charge in [-0.05, 0) is 84.9 Å². The predicted octanol–water partition coefficient (Wildman–Crippen LogP) is 4.56. The molecule has 0 amide bonds. The number of aliphatic hydroxyl groups excluding tert-OH is 1. The lowest BCUT2D eigenvalue weighted by Gasteiger charge is -2.40. The molecule has 256 valence electrons. The molecule has 49 heavy (non-hydrogen) atoms. The number of piperazine rings is 1. The molecule has 4 aromatic rings. The molecule has 12 heteroatoms. The second-order valence-electron chi connectivity index (χ2n) is 15.3. The second kappa shape index (κ2) is 10.8. The Bertz CT molecular complexity index is 2030. The van der Waals surface area contributed by atoms with Gasteiger partial charge in [-0.3, -0.25) is 4.90 Å². The number of ether oxygens (including phenoxy) is 2. The van der Waals surface area contributed by atoms with E-state index in [1.54, 1.807) is 12.1 Å². The molecular formula is C37H40F2N6O4. The van der Waals surface area contributed by atoms with Crippen LogP contribution < -0.4 is 19.7 Å². The number of aromatic hydroxyl groups is 1. The average Bonchev–Trinajstić information content (AvgIpc) is 3.99. The minimum absolute atomic E-state index is 0.0299. The molecule has 5 fully saturated rings. The maximum absolute atomic E-state index is 17.2. The molecule has 0 radical (unpaired) electrons. The lowest BCUT2D eigenvalue weighted by Crippen LogP contribution is -2.60. The topological polar surface area (TPSA) is 116 Å². The summed E-state index contributed by atoms with van der Waals surface area (Å²) >= 11 is 0. The van der Waals surface area contributed by atoms with E-state index in [0.29, 0.717) is 65.6 Å². The summed E-state index contributed by atoms with van der Waals surface area (Å²) in [6, 6.07) is 6.71. The number of hydrogen-bond donors (Lipinski definition) is 3. The van der Waals surface area contributed by atoms with Gasteiger partial charge in [0.05, 0.1) is 19.3 Å². The van der Waals surface area contributed by atoms with Crippen LogP contribution in [0.15, 0.2) is 24.3 Å². The Hall–Kier alpha value is -3.87. The molecule has 6 heterocycles. The number of aromatic nitrogens is 3. The fourth-order valence-electron chi connectivity index (χ4n) is 9.46. The largest absolute Gasteiger partial charge is 0.508 e. The van der Waals surface area contributed by atoms with Crippen LogP contribution in [0.4, 0.5) is 14.6 Å². The van der Waals surface area contributed by atoms with Crippen LogP contribution in [0.25, 0.3) is 32.9 Å². The molecule has 3 N–H and O–H groups in total. The Morgan fingerprint density at radius 3 is 2.80 bits per heavy atom. The number of benzene rings is 2. The first-order valence-electron chi connectivity index (χ1n) is 17.8. The zero-order valence-electron chi connectivity index (χ0n) is 27.5. The van der Waals surface area contributed by atoms with E-state index >= 15 is 8.78 Å². The van der Waals surface area contributed by atoms with Gasteiger partial charge in [0.2, 0.25) is 5.88 Å². The van der Waals surface area contributed by atoms with E-state index in [4.69, 9.17) is 24.4 Å². The van der Waals surface area contributed by atoms with Gasteiger partial charge in [-0.15, -0.1) is 0 Å². The number of phenols is 1. The van der Waals surface area contributed by atoms with Crippen molar-refractivity contribution in [2.75, 3.05) is 44.4 Å². The average molecular weight is 671 g/mol. The SMILES string of the molecule is CCc1c(F)ccc2cc(O)cc(-c3nc4c5c(nc(OCC6(CN7C[C@@H]8C[C@@H]8[C@H]7CO)CC6)nc5c3F)N3C[C@@H]5CC[C@@H](N5)[C@H]3CO4)c12. The predicted molar refractivity (Wildman–Crippen MR) is 179 cm³/mol. The number of hydrogen-bond acceptors (Lipinski definition) is 10. The number of anilines is 1. The Morgan fingerprint density at radius 1 is 1.10 bits per heavy atom. The quantitative estimate of drug-likeness (QED) is 0.246. The molecule has 2 aromatic carbocycles. The minimum atomic E-state index is -0.700. The summed E-state index contributed by atoms with van der Waals surface area (Å²) in [5.74, 6) is 0.902. The van der Waals surface area contributed by atoms with Crippen molar-refractivity contribution in [1.82, 2.24) is 25.2 Å². The number of likely N-dealkylation sites (tertiary alicyclic amines) is 1. The van der Waals surface area contributed by atoms with Gasteiger partial charge in [0.1, 0.15) is 40.6 Å². The van der Waals surface area contributed by atoms with Crippen molar-refractivity contribution in [2.45, 2.75) is 69.6 Å². The van der Waals surface area contributed by atoms with Crippen LogP contribution in [-0.2, 0) is 6.42 Å². The lowest BCUT2D eigenvalue weighted by atomic mass is 9.94. The van der Waals surface area contributed by atoms with Gasteiger partial charge in [-0.1, -0.05) is 13.0 Å². The van der Waals surface area contributed by atoms with Crippen molar-refractivity contribution >= 4 is 27.5 Å². The van der Waals surface area contributed by atoms with Crippen molar-refractivity contribution in [1.29, 1.82) is 0 Å². The van der Waals surface area contributed by atoms with E-state index in [1.165, 1.54) is 18.6 Å². The van der Waals surface area contributed by atoms with Crippen LogP contribution in [0.2, 0.25) is 0 Å². The Balaban J connectivity index is 1.09. The molecule has 6 aliphatic rings. The number of nitrogens with one attached hydrogen (secondary N) is 1. The first-order valence-corrected chi connectivity index (χ1v) is 17.8. The molecule has 2 bridgehead atoms. The van der Waals surface area contributed by atoms with Crippen molar-refractivity contribution in [3.63, 3.8) is 0 Å². The van der Waals surface area contributed by atoms with Crippen LogP contribution in [0.3, 0.4) is 0 Å². The van der Waals surface area contributed by atoms with Crippen molar-refractivity contribution in [3.05, 3.63) is 41.5 Å². The maximum atomic E-state index is 17.2. The first kappa shape index (κ1) is 30.0. The van der Waals surface area contributed by atoms with Gasteiger partial charge < -0.3 is 29.9 Å². The van der Waals surface area contributed by atoms with Gasteiger partial charge in [0, 0.05) is 48.7 Å². The van der Waals surface area contributed by atoms with Gasteiger partial charge in [0.25, 0.3) is 0 Å². The van der Waals surface area contributed by atoms with Gasteiger partial charge >= 0.3 is 6.01 Å². The standard InChI is InChI=1S/C37H40F2N6O4/c1-2-22-25(38)5-3-18-9-21(47)11-24(29(18)22)32-31(39)33-30-34(45-13-20-4-6-26(40-20)28(45)15-48-35(30)41-32)43-36(42-33)49-17-37(7-8-37)16-44-12-19-10-23(19)27(44)14-46/h3,5,9,11,19-20,23,26-28,40,46-47H,2,4,6-8,10,12-17H2,1H3/t19-,20-,23-,26+,27+,28+/m0/s1. The fraction of sp³-hybridized carbons (Fsp3) is 0.541. The van der Waals surface area contributed by atoms with E-state index in [-0.39, 0.29) is 70.6 Å². The van der Waals surface area contributed by atoms with Crippen molar-refractivity contribution in [2.24, 2.45) is 17.3 Å². The summed E-state index contributed by atoms with van der Waals surface area (Å²) in [5, 5.41) is 26.0. The van der Waals surface area contributed by atoms with E-state index in [1.807, 2.05) is 6.92 Å². The molecule has 2 aliphatic carbocycles. The number of halogens is 2. The number of rotatable bonds is 8. The molecule has 2 saturated carbocycles. The summed E-state index contributed by atoms with van der Waals surface area (Å²) < 4.78 is 45.1. The number of aliphatic hydroxyl groups is 1. The molecule has 10 nitrogen and oxygen atoms in total. The van der Waals surface area contributed by atoms with Crippen molar-refractivity contribution < 1.29 is 28.5 Å². The monoisotopic (exact) mass is 670 g/mol. The number of aryl methyl sites for hydroxylation is 1. The fourth-order valence-corrected chi connectivity index (χ4v) is 9.46. The number of phenolic OH excluding ortho intramolecular Hbond substituents is 1. The lowest BCUT2D eigenvalue weighted by molar-refractivity contribution is 0.0966. The molecule has 6 atom stereocenters. The smallest absolute Gasteiger partial charge is 0.319 e. The highest BCUT2D eigenvalue weighted by atomic mass is 19.1. The van der Waals surface area contributed by atoms with Crippen molar-refractivity contribution in [3.8, 4) is 28.9 Å². The normalized spacial score (nSPS) is 29.1. The third-order valence-corrected chi connectivity index (χ3v) is 12.3. The van der Waals surface area contributed by atoms with Gasteiger partial charge in [0.15, 0.2) is 5.82 Å². The molecular weight excluding hydrogens is 630 g/mol. The summed E-state index contributed by atoms with van der Waals surface area (Å²) in [6.07, 6.45) is 5.67. The maximum Gasteiger partial charge on any atom is 0.319 e. The molecule has 3 saturated heterocycles. The zero-order valence-corrected chi connectivity index (χ0v) is 27.5. The molecule has 4 aliphatic heterocycles. The Kier molecular flexibility index (Phi) is 6.62. The Labute approximate surface area is 282 Å². The number of nitrogens with zero attached hydrogens (tertiary/aromatic N) is 5. The highest BCUT2D eigenvalue weighted by Crippen LogP contribution is 2.54. The van der Waals surface area contributed by atoms with Crippen LogP contribution >= 0.6 is 0 Å². The number of pyridine rings is 1. The van der Waals surface area contributed by atoms with Gasteiger partial charge in [-0.25, -0.2) is 13.8 Å². The third kappa shape index (κ3) is 4.70. The minimum Gasteiger partial charge on any atom is -0.508 e. The molecule has 0 spiro atoms. The summed E-state index contributed by atoms with van der Waals surface area (Å²) in [7, 11) is 0. The highest BCUT2D eigenvalue weighted by molar-refractivity contribution is 6.03. The van der Waals surface area contributed by atoms with Crippen LogP contribution in [0.5, 0.6) is 17.6 Å². The van der Waals surface area contributed by atoms with E-state index < -0.39 is 11.6 Å². The van der Waals surface area contributed by atoms with E-state index in [2.05, 4.69) is 15.1 Å². The van der Waals surface area contributed by atoms with Crippen LogP contribution in [0, 0.1) is 28.9 Å². The second-order valence-corrected chi connectivity index (χ2v) is 15.3. The highest BCUT2D eigenvalue weighted by Gasteiger charge is 2.55.